The van der Waals surface area contributed by atoms with Crippen molar-refractivity contribution in [1.82, 2.24) is 10.2 Å². The number of benzene rings is 2. The molecule has 0 aliphatic carbocycles. The topological polar surface area (TPSA) is 49.4 Å². The number of aryl methyl sites for hydroxylation is 1. The van der Waals surface area contributed by atoms with Crippen LogP contribution in [0.1, 0.15) is 37.0 Å². The van der Waals surface area contributed by atoms with Gasteiger partial charge >= 0.3 is 0 Å². The summed E-state index contributed by atoms with van der Waals surface area (Å²) in [4.78, 5) is 27.2. The molecule has 144 valence electrons. The van der Waals surface area contributed by atoms with Crippen molar-refractivity contribution < 1.29 is 9.59 Å². The lowest BCUT2D eigenvalue weighted by molar-refractivity contribution is -0.139. The molecule has 27 heavy (non-hydrogen) atoms. The first kappa shape index (κ1) is 20.7. The molecule has 1 atom stereocenters. The first-order valence-corrected chi connectivity index (χ1v) is 9.68. The second-order valence-corrected chi connectivity index (χ2v) is 6.89. The van der Waals surface area contributed by atoms with Crippen LogP contribution in [0.4, 0.5) is 0 Å². The number of hydrogen-bond acceptors (Lipinski definition) is 2. The van der Waals surface area contributed by atoms with Crippen LogP contribution in [0.2, 0.25) is 0 Å². The SMILES string of the molecule is CCCNC(=O)C(C)N(CCc1ccccc1)C(=O)Cc1ccccc1C. The minimum atomic E-state index is -0.489. The summed E-state index contributed by atoms with van der Waals surface area (Å²) in [6, 6.07) is 17.5. The molecule has 0 radical (unpaired) electrons. The van der Waals surface area contributed by atoms with E-state index in [1.54, 1.807) is 4.90 Å². The molecular formula is C23H30N2O2. The van der Waals surface area contributed by atoms with Gasteiger partial charge in [0.1, 0.15) is 6.04 Å². The van der Waals surface area contributed by atoms with Gasteiger partial charge in [-0.1, -0.05) is 61.5 Å². The van der Waals surface area contributed by atoms with Gasteiger partial charge in [0, 0.05) is 13.1 Å². The lowest BCUT2D eigenvalue weighted by Gasteiger charge is -2.29. The number of amides is 2. The lowest BCUT2D eigenvalue weighted by Crippen LogP contribution is -2.49. The summed E-state index contributed by atoms with van der Waals surface area (Å²) in [5.41, 5.74) is 3.26. The van der Waals surface area contributed by atoms with E-state index in [-0.39, 0.29) is 11.8 Å². The van der Waals surface area contributed by atoms with Gasteiger partial charge < -0.3 is 10.2 Å². The van der Waals surface area contributed by atoms with E-state index in [0.717, 1.165) is 29.5 Å². The Kier molecular flexibility index (Phi) is 8.05. The zero-order chi connectivity index (χ0) is 19.6. The first-order valence-electron chi connectivity index (χ1n) is 9.68. The van der Waals surface area contributed by atoms with Gasteiger partial charge in [-0.05, 0) is 43.4 Å². The molecule has 1 unspecified atom stereocenters. The van der Waals surface area contributed by atoms with Crippen LogP contribution >= 0.6 is 0 Å². The Morgan fingerprint density at radius 3 is 2.37 bits per heavy atom. The van der Waals surface area contributed by atoms with Gasteiger partial charge in [-0.25, -0.2) is 0 Å². The Bertz CT molecular complexity index is 743. The van der Waals surface area contributed by atoms with Crippen molar-refractivity contribution in [3.05, 3.63) is 71.3 Å². The van der Waals surface area contributed by atoms with Gasteiger partial charge in [-0.3, -0.25) is 9.59 Å². The molecule has 4 nitrogen and oxygen atoms in total. The maximum absolute atomic E-state index is 13.1. The second-order valence-electron chi connectivity index (χ2n) is 6.89. The number of nitrogens with zero attached hydrogens (tertiary/aromatic N) is 1. The third-order valence-corrected chi connectivity index (χ3v) is 4.80. The fourth-order valence-electron chi connectivity index (χ4n) is 3.04. The zero-order valence-electron chi connectivity index (χ0n) is 16.6. The number of carbonyl (C=O) groups excluding carboxylic acids is 2. The van der Waals surface area contributed by atoms with Crippen LogP contribution < -0.4 is 5.32 Å². The van der Waals surface area contributed by atoms with Crippen molar-refractivity contribution >= 4 is 11.8 Å². The smallest absolute Gasteiger partial charge is 0.242 e. The number of rotatable bonds is 9. The molecule has 0 bridgehead atoms. The number of hydrogen-bond donors (Lipinski definition) is 1. The van der Waals surface area contributed by atoms with Gasteiger partial charge in [0.15, 0.2) is 0 Å². The second kappa shape index (κ2) is 10.5. The van der Waals surface area contributed by atoms with Crippen LogP contribution in [0.5, 0.6) is 0 Å². The number of nitrogens with one attached hydrogen (secondary N) is 1. The van der Waals surface area contributed by atoms with E-state index in [4.69, 9.17) is 0 Å². The maximum Gasteiger partial charge on any atom is 0.242 e. The summed E-state index contributed by atoms with van der Waals surface area (Å²) in [5, 5.41) is 2.91. The molecule has 0 aliphatic rings. The summed E-state index contributed by atoms with van der Waals surface area (Å²) in [5.74, 6) is -0.109. The van der Waals surface area contributed by atoms with Crippen LogP contribution in [0.3, 0.4) is 0 Å². The Hall–Kier alpha value is -2.62. The molecule has 0 spiro atoms. The fraction of sp³-hybridized carbons (Fsp3) is 0.391. The average Bonchev–Trinajstić information content (AvgIpc) is 2.68. The quantitative estimate of drug-likeness (QED) is 0.738. The highest BCUT2D eigenvalue weighted by Crippen LogP contribution is 2.12. The van der Waals surface area contributed by atoms with Crippen molar-refractivity contribution in [1.29, 1.82) is 0 Å². The van der Waals surface area contributed by atoms with Gasteiger partial charge in [0.05, 0.1) is 6.42 Å². The maximum atomic E-state index is 13.1. The van der Waals surface area contributed by atoms with Gasteiger partial charge in [-0.2, -0.15) is 0 Å². The monoisotopic (exact) mass is 366 g/mol. The first-order chi connectivity index (χ1) is 13.0. The van der Waals surface area contributed by atoms with E-state index < -0.39 is 6.04 Å². The molecule has 2 amide bonds. The molecule has 4 heteroatoms. The molecular weight excluding hydrogens is 336 g/mol. The van der Waals surface area contributed by atoms with Crippen LogP contribution in [0.15, 0.2) is 54.6 Å². The minimum Gasteiger partial charge on any atom is -0.354 e. The largest absolute Gasteiger partial charge is 0.354 e. The highest BCUT2D eigenvalue weighted by molar-refractivity contribution is 5.88. The van der Waals surface area contributed by atoms with Gasteiger partial charge in [-0.15, -0.1) is 0 Å². The average molecular weight is 367 g/mol. The van der Waals surface area contributed by atoms with E-state index in [9.17, 15) is 9.59 Å². The molecule has 1 N–H and O–H groups in total. The van der Waals surface area contributed by atoms with E-state index in [1.807, 2.05) is 75.4 Å². The van der Waals surface area contributed by atoms with Crippen molar-refractivity contribution in [3.8, 4) is 0 Å². The predicted molar refractivity (Wildman–Crippen MR) is 110 cm³/mol. The summed E-state index contributed by atoms with van der Waals surface area (Å²) in [6.45, 7) is 6.98. The van der Waals surface area contributed by atoms with E-state index >= 15 is 0 Å². The Morgan fingerprint density at radius 2 is 1.70 bits per heavy atom. The third-order valence-electron chi connectivity index (χ3n) is 4.80. The normalized spacial score (nSPS) is 11.7. The van der Waals surface area contributed by atoms with Crippen LogP contribution in [0.25, 0.3) is 0 Å². The molecule has 2 aromatic carbocycles. The van der Waals surface area contributed by atoms with Crippen molar-refractivity contribution in [2.45, 2.75) is 46.1 Å². The number of carbonyl (C=O) groups is 2. The van der Waals surface area contributed by atoms with Gasteiger partial charge in [0.25, 0.3) is 0 Å². The summed E-state index contributed by atoms with van der Waals surface area (Å²) in [6.07, 6.45) is 1.91. The minimum absolute atomic E-state index is 0.0145. The molecule has 2 aromatic rings. The molecule has 2 rings (SSSR count). The van der Waals surface area contributed by atoms with Crippen LogP contribution in [-0.4, -0.2) is 35.8 Å². The lowest BCUT2D eigenvalue weighted by atomic mass is 10.0. The zero-order valence-corrected chi connectivity index (χ0v) is 16.6. The summed E-state index contributed by atoms with van der Waals surface area (Å²) < 4.78 is 0. The molecule has 0 saturated carbocycles. The standard InChI is InChI=1S/C23H30N2O2/c1-4-15-24-23(27)19(3)25(16-14-20-11-6-5-7-12-20)22(26)17-21-13-9-8-10-18(21)2/h5-13,19H,4,14-17H2,1-3H3,(H,24,27). The van der Waals surface area contributed by atoms with E-state index in [2.05, 4.69) is 5.32 Å². The van der Waals surface area contributed by atoms with Crippen LogP contribution in [0, 0.1) is 6.92 Å². The van der Waals surface area contributed by atoms with E-state index in [1.165, 1.54) is 0 Å². The Morgan fingerprint density at radius 1 is 1.04 bits per heavy atom. The predicted octanol–water partition coefficient (Wildman–Crippen LogP) is 3.52. The van der Waals surface area contributed by atoms with E-state index in [0.29, 0.717) is 19.5 Å². The van der Waals surface area contributed by atoms with Crippen LogP contribution in [-0.2, 0) is 22.4 Å². The highest BCUT2D eigenvalue weighted by Gasteiger charge is 2.25. The van der Waals surface area contributed by atoms with Crippen molar-refractivity contribution in [3.63, 3.8) is 0 Å². The molecule has 0 saturated heterocycles. The molecule has 0 aliphatic heterocycles. The van der Waals surface area contributed by atoms with Crippen molar-refractivity contribution in [2.24, 2.45) is 0 Å². The summed E-state index contributed by atoms with van der Waals surface area (Å²) in [7, 11) is 0. The summed E-state index contributed by atoms with van der Waals surface area (Å²) >= 11 is 0. The Balaban J connectivity index is 2.13. The third kappa shape index (κ3) is 6.24. The molecule has 0 aromatic heterocycles. The highest BCUT2D eigenvalue weighted by atomic mass is 16.2. The molecule has 0 fully saturated rings. The van der Waals surface area contributed by atoms with Crippen molar-refractivity contribution in [2.75, 3.05) is 13.1 Å². The molecule has 0 heterocycles. The fourth-order valence-corrected chi connectivity index (χ4v) is 3.04. The van der Waals surface area contributed by atoms with Gasteiger partial charge in [0.2, 0.25) is 11.8 Å². The Labute approximate surface area is 162 Å².